The summed E-state index contributed by atoms with van der Waals surface area (Å²) >= 11 is 1.60. The van der Waals surface area contributed by atoms with Gasteiger partial charge in [-0.2, -0.15) is 0 Å². The molecule has 1 atom stereocenters. The maximum absolute atomic E-state index is 13.1. The third-order valence-corrected chi connectivity index (χ3v) is 6.09. The summed E-state index contributed by atoms with van der Waals surface area (Å²) in [4.78, 5) is 29.4. The fourth-order valence-electron chi connectivity index (χ4n) is 3.47. The van der Waals surface area contributed by atoms with Gasteiger partial charge >= 0.3 is 0 Å². The van der Waals surface area contributed by atoms with E-state index in [0.29, 0.717) is 5.92 Å². The maximum Gasteiger partial charge on any atom is 0.257 e. The molecule has 0 radical (unpaired) electrons. The van der Waals surface area contributed by atoms with Crippen molar-refractivity contribution < 1.29 is 14.5 Å². The largest absolute Gasteiger partial charge is 0.334 e. The summed E-state index contributed by atoms with van der Waals surface area (Å²) in [7, 11) is 2.17. The van der Waals surface area contributed by atoms with E-state index in [2.05, 4.69) is 19.3 Å². The lowest BCUT2D eigenvalue weighted by molar-refractivity contribution is -0.883. The second-order valence-electron chi connectivity index (χ2n) is 6.99. The Kier molecular flexibility index (Phi) is 4.73. The fourth-order valence-corrected chi connectivity index (χ4v) is 4.92. The number of thiophene rings is 1. The normalized spacial score (nSPS) is 21.9. The van der Waals surface area contributed by atoms with Crippen LogP contribution < -0.4 is 10.2 Å². The van der Waals surface area contributed by atoms with E-state index in [1.807, 2.05) is 4.90 Å². The molecule has 1 aliphatic heterocycles. The van der Waals surface area contributed by atoms with Crippen molar-refractivity contribution >= 4 is 28.2 Å². The molecule has 0 aromatic carbocycles. The Balaban J connectivity index is 1.92. The van der Waals surface area contributed by atoms with Crippen molar-refractivity contribution in [2.24, 2.45) is 5.92 Å². The van der Waals surface area contributed by atoms with Crippen molar-refractivity contribution in [3.8, 4) is 0 Å². The average molecular weight is 336 g/mol. The molecule has 0 unspecified atom stereocenters. The Hall–Kier alpha value is -1.40. The number of carbonyl (C=O) groups excluding carboxylic acids is 2. The van der Waals surface area contributed by atoms with Gasteiger partial charge in [0, 0.05) is 11.8 Å². The summed E-state index contributed by atoms with van der Waals surface area (Å²) in [6.07, 6.45) is 3.09. The minimum Gasteiger partial charge on any atom is -0.334 e. The van der Waals surface area contributed by atoms with E-state index < -0.39 is 0 Å². The third kappa shape index (κ3) is 3.43. The smallest absolute Gasteiger partial charge is 0.257 e. The predicted octanol–water partition coefficient (Wildman–Crippen LogP) is 0.802. The second-order valence-corrected chi connectivity index (χ2v) is 8.09. The van der Waals surface area contributed by atoms with E-state index in [0.717, 1.165) is 56.0 Å². The lowest BCUT2D eigenvalue weighted by atomic mass is 9.88. The minimum atomic E-state index is -0.103. The van der Waals surface area contributed by atoms with Crippen LogP contribution in [0.3, 0.4) is 0 Å². The topological polar surface area (TPSA) is 53.9 Å². The van der Waals surface area contributed by atoms with Crippen molar-refractivity contribution in [2.45, 2.75) is 33.1 Å². The van der Waals surface area contributed by atoms with Crippen LogP contribution in [0.4, 0.5) is 5.00 Å². The van der Waals surface area contributed by atoms with Crippen LogP contribution in [0.15, 0.2) is 0 Å². The van der Waals surface area contributed by atoms with Gasteiger partial charge in [-0.1, -0.05) is 6.92 Å². The molecule has 2 amide bonds. The third-order valence-electron chi connectivity index (χ3n) is 4.92. The van der Waals surface area contributed by atoms with Crippen LogP contribution in [-0.2, 0) is 17.6 Å². The van der Waals surface area contributed by atoms with E-state index >= 15 is 0 Å². The Morgan fingerprint density at radius 1 is 1.30 bits per heavy atom. The fraction of sp³-hybridized carbons (Fsp3) is 0.647. The van der Waals surface area contributed by atoms with Crippen LogP contribution in [0, 0.1) is 5.92 Å². The van der Waals surface area contributed by atoms with Gasteiger partial charge in [0.15, 0.2) is 0 Å². The number of nitrogens with one attached hydrogen (secondary N) is 2. The number of hydrogen-bond donors (Lipinski definition) is 2. The number of rotatable bonds is 2. The molecule has 2 heterocycles. The molecule has 2 N–H and O–H groups in total. The number of anilines is 1. The summed E-state index contributed by atoms with van der Waals surface area (Å²) in [5.41, 5.74) is 1.96. The first-order valence-corrected chi connectivity index (χ1v) is 9.30. The number of quaternary nitrogens is 1. The molecular weight excluding hydrogens is 310 g/mol. The second kappa shape index (κ2) is 6.61. The highest BCUT2D eigenvalue weighted by atomic mass is 32.1. The molecule has 1 aromatic heterocycles. The van der Waals surface area contributed by atoms with Crippen LogP contribution in [0.2, 0.25) is 0 Å². The first kappa shape index (κ1) is 16.5. The summed E-state index contributed by atoms with van der Waals surface area (Å²) in [5, 5.41) is 3.66. The van der Waals surface area contributed by atoms with Crippen molar-refractivity contribution in [1.29, 1.82) is 0 Å². The lowest BCUT2D eigenvalue weighted by Crippen LogP contribution is -3.12. The zero-order valence-electron chi connectivity index (χ0n) is 14.2. The SMILES string of the molecule is CC(=O)Nc1sc2c(c1C(=O)N1CC[NH+](C)CC1)CC[C@H](C)C2. The Labute approximate surface area is 141 Å². The van der Waals surface area contributed by atoms with Gasteiger partial charge in [-0.15, -0.1) is 11.3 Å². The molecule has 0 saturated carbocycles. The van der Waals surface area contributed by atoms with Gasteiger partial charge in [0.05, 0.1) is 38.8 Å². The molecule has 2 aliphatic rings. The first-order chi connectivity index (χ1) is 11.0. The quantitative estimate of drug-likeness (QED) is 0.839. The molecule has 3 rings (SSSR count). The van der Waals surface area contributed by atoms with Crippen molar-refractivity contribution in [2.75, 3.05) is 38.5 Å². The van der Waals surface area contributed by atoms with Gasteiger partial charge in [0.2, 0.25) is 5.91 Å². The summed E-state index contributed by atoms with van der Waals surface area (Å²) in [6.45, 7) is 7.34. The molecular formula is C17H26N3O2S+. The molecule has 1 aliphatic carbocycles. The highest BCUT2D eigenvalue weighted by Gasteiger charge is 2.32. The van der Waals surface area contributed by atoms with Crippen molar-refractivity contribution in [1.82, 2.24) is 4.90 Å². The molecule has 0 bridgehead atoms. The van der Waals surface area contributed by atoms with Crippen molar-refractivity contribution in [3.63, 3.8) is 0 Å². The van der Waals surface area contributed by atoms with Crippen LogP contribution in [0.5, 0.6) is 0 Å². The molecule has 126 valence electrons. The van der Waals surface area contributed by atoms with Crippen molar-refractivity contribution in [3.05, 3.63) is 16.0 Å². The van der Waals surface area contributed by atoms with E-state index in [-0.39, 0.29) is 11.8 Å². The Morgan fingerprint density at radius 3 is 2.65 bits per heavy atom. The molecule has 5 nitrogen and oxygen atoms in total. The molecule has 1 fully saturated rings. The van der Waals surface area contributed by atoms with E-state index in [1.54, 1.807) is 11.3 Å². The van der Waals surface area contributed by atoms with Crippen LogP contribution in [0.1, 0.15) is 41.1 Å². The number of likely N-dealkylation sites (N-methyl/N-ethyl adjacent to an activating group) is 1. The van der Waals surface area contributed by atoms with Crippen LogP contribution in [-0.4, -0.2) is 49.9 Å². The average Bonchev–Trinajstić information content (AvgIpc) is 2.83. The zero-order valence-corrected chi connectivity index (χ0v) is 15.0. The molecule has 6 heteroatoms. The molecule has 1 aromatic rings. The van der Waals surface area contributed by atoms with Gasteiger partial charge in [-0.05, 0) is 30.7 Å². The van der Waals surface area contributed by atoms with Gasteiger partial charge in [0.1, 0.15) is 5.00 Å². The highest BCUT2D eigenvalue weighted by Crippen LogP contribution is 2.40. The summed E-state index contributed by atoms with van der Waals surface area (Å²) in [5.74, 6) is 0.656. The first-order valence-electron chi connectivity index (χ1n) is 8.48. The zero-order chi connectivity index (χ0) is 16.6. The maximum atomic E-state index is 13.1. The number of carbonyl (C=O) groups is 2. The molecule has 1 saturated heterocycles. The lowest BCUT2D eigenvalue weighted by Gasteiger charge is -2.30. The number of fused-ring (bicyclic) bond motifs is 1. The monoisotopic (exact) mass is 336 g/mol. The Morgan fingerprint density at radius 2 is 2.00 bits per heavy atom. The van der Waals surface area contributed by atoms with Gasteiger partial charge in [-0.25, -0.2) is 0 Å². The Bertz CT molecular complexity index is 618. The van der Waals surface area contributed by atoms with Gasteiger partial charge in [0.25, 0.3) is 5.91 Å². The number of piperazine rings is 1. The number of hydrogen-bond acceptors (Lipinski definition) is 3. The standard InChI is InChI=1S/C17H25N3O2S/c1-11-4-5-13-14(10-11)23-16(18-12(2)21)15(13)17(22)20-8-6-19(3)7-9-20/h11H,4-10H2,1-3H3,(H,18,21)/p+1/t11-/m0/s1. The summed E-state index contributed by atoms with van der Waals surface area (Å²) in [6, 6.07) is 0. The van der Waals surface area contributed by atoms with Crippen LogP contribution >= 0.6 is 11.3 Å². The summed E-state index contributed by atoms with van der Waals surface area (Å²) < 4.78 is 0. The number of nitrogens with zero attached hydrogens (tertiary/aromatic N) is 1. The number of amides is 2. The highest BCUT2D eigenvalue weighted by molar-refractivity contribution is 7.17. The van der Waals surface area contributed by atoms with Gasteiger partial charge < -0.3 is 15.1 Å². The molecule has 0 spiro atoms. The van der Waals surface area contributed by atoms with E-state index in [4.69, 9.17) is 0 Å². The minimum absolute atomic E-state index is 0.103. The van der Waals surface area contributed by atoms with E-state index in [1.165, 1.54) is 22.3 Å². The molecule has 23 heavy (non-hydrogen) atoms. The predicted molar refractivity (Wildman–Crippen MR) is 92.3 cm³/mol. The van der Waals surface area contributed by atoms with Gasteiger partial charge in [-0.3, -0.25) is 9.59 Å². The van der Waals surface area contributed by atoms with Crippen LogP contribution in [0.25, 0.3) is 0 Å². The van der Waals surface area contributed by atoms with E-state index in [9.17, 15) is 9.59 Å².